The third-order valence-corrected chi connectivity index (χ3v) is 7.45. The molecule has 2 aromatic rings. The fourth-order valence-corrected chi connectivity index (χ4v) is 5.15. The van der Waals surface area contributed by atoms with Crippen LogP contribution in [0.4, 0.5) is 10.1 Å². The number of carbonyl (C=O) groups excluding carboxylic acids is 2. The standard InChI is InChI=1S/C25H28Cl2FN3O2/c1-16-6-8-19(15-22(16)28)29-24(32)23(17-4-2-3-5-17)30-10-12-31(13-11-30)25(33)18-7-9-20(26)21(27)14-18/h6-9,14-15,17,23H,2-5,10-13H2,1H3,(H,29,32)/t23-/m1/s1. The zero-order valence-electron chi connectivity index (χ0n) is 18.6. The van der Waals surface area contributed by atoms with Gasteiger partial charge in [-0.15, -0.1) is 0 Å². The van der Waals surface area contributed by atoms with Gasteiger partial charge in [-0.3, -0.25) is 14.5 Å². The average Bonchev–Trinajstić information content (AvgIpc) is 3.32. The van der Waals surface area contributed by atoms with E-state index in [1.54, 1.807) is 42.2 Å². The summed E-state index contributed by atoms with van der Waals surface area (Å²) in [6.07, 6.45) is 4.23. The molecule has 8 heteroatoms. The van der Waals surface area contributed by atoms with Crippen LogP contribution < -0.4 is 5.32 Å². The van der Waals surface area contributed by atoms with Gasteiger partial charge in [-0.25, -0.2) is 4.39 Å². The van der Waals surface area contributed by atoms with Crippen LogP contribution in [0.25, 0.3) is 0 Å². The molecule has 2 amide bonds. The number of hydrogen-bond acceptors (Lipinski definition) is 3. The number of halogens is 3. The van der Waals surface area contributed by atoms with Crippen molar-refractivity contribution in [3.8, 4) is 0 Å². The first-order valence-electron chi connectivity index (χ1n) is 11.4. The summed E-state index contributed by atoms with van der Waals surface area (Å²) in [5, 5.41) is 3.69. The van der Waals surface area contributed by atoms with Crippen molar-refractivity contribution >= 4 is 40.7 Å². The molecule has 1 aliphatic heterocycles. The van der Waals surface area contributed by atoms with Gasteiger partial charge in [0.15, 0.2) is 0 Å². The van der Waals surface area contributed by atoms with E-state index in [0.29, 0.717) is 53.0 Å². The van der Waals surface area contributed by atoms with Gasteiger partial charge >= 0.3 is 0 Å². The number of nitrogens with zero attached hydrogens (tertiary/aromatic N) is 2. The maximum Gasteiger partial charge on any atom is 0.253 e. The van der Waals surface area contributed by atoms with E-state index < -0.39 is 0 Å². The Balaban J connectivity index is 1.44. The molecule has 2 aromatic carbocycles. The molecule has 2 aliphatic rings. The monoisotopic (exact) mass is 491 g/mol. The van der Waals surface area contributed by atoms with E-state index in [0.717, 1.165) is 25.7 Å². The van der Waals surface area contributed by atoms with Gasteiger partial charge in [-0.2, -0.15) is 0 Å². The van der Waals surface area contributed by atoms with E-state index in [1.807, 2.05) is 0 Å². The van der Waals surface area contributed by atoms with Gasteiger partial charge in [-0.05, 0) is 61.6 Å². The van der Waals surface area contributed by atoms with Crippen LogP contribution in [-0.2, 0) is 4.79 Å². The van der Waals surface area contributed by atoms with Crippen molar-refractivity contribution in [2.24, 2.45) is 5.92 Å². The SMILES string of the molecule is Cc1ccc(NC(=O)[C@@H](C2CCCC2)N2CCN(C(=O)c3ccc(Cl)c(Cl)c3)CC2)cc1F. The minimum Gasteiger partial charge on any atom is -0.336 e. The first-order chi connectivity index (χ1) is 15.8. The van der Waals surface area contributed by atoms with Gasteiger partial charge in [0.2, 0.25) is 5.91 Å². The minimum absolute atomic E-state index is 0.0924. The van der Waals surface area contributed by atoms with Gasteiger partial charge in [0, 0.05) is 37.4 Å². The highest BCUT2D eigenvalue weighted by atomic mass is 35.5. The van der Waals surface area contributed by atoms with E-state index in [2.05, 4.69) is 10.2 Å². The van der Waals surface area contributed by atoms with Crippen LogP contribution in [0.15, 0.2) is 36.4 Å². The Bertz CT molecular complexity index is 1030. The predicted octanol–water partition coefficient (Wildman–Crippen LogP) is 5.40. The van der Waals surface area contributed by atoms with Gasteiger partial charge < -0.3 is 10.2 Å². The lowest BCUT2D eigenvalue weighted by atomic mass is 9.94. The second kappa shape index (κ2) is 10.4. The van der Waals surface area contributed by atoms with E-state index in [4.69, 9.17) is 23.2 Å². The van der Waals surface area contributed by atoms with Crippen LogP contribution in [-0.4, -0.2) is 53.8 Å². The zero-order valence-corrected chi connectivity index (χ0v) is 20.1. The molecular formula is C25H28Cl2FN3O2. The number of carbonyl (C=O) groups is 2. The largest absolute Gasteiger partial charge is 0.336 e. The topological polar surface area (TPSA) is 52.7 Å². The van der Waals surface area contributed by atoms with Gasteiger partial charge in [0.1, 0.15) is 5.82 Å². The van der Waals surface area contributed by atoms with E-state index >= 15 is 0 Å². The number of nitrogens with one attached hydrogen (secondary N) is 1. The third kappa shape index (κ3) is 5.51. The quantitative estimate of drug-likeness (QED) is 0.609. The highest BCUT2D eigenvalue weighted by Gasteiger charge is 2.37. The van der Waals surface area contributed by atoms with E-state index in [1.165, 1.54) is 6.07 Å². The van der Waals surface area contributed by atoms with Crippen molar-refractivity contribution in [1.82, 2.24) is 9.80 Å². The Morgan fingerprint density at radius 1 is 1.00 bits per heavy atom. The number of aryl methyl sites for hydroxylation is 1. The molecule has 0 bridgehead atoms. The van der Waals surface area contributed by atoms with Crippen LogP contribution in [0.5, 0.6) is 0 Å². The highest BCUT2D eigenvalue weighted by molar-refractivity contribution is 6.42. The molecule has 176 valence electrons. The molecule has 5 nitrogen and oxygen atoms in total. The van der Waals surface area contributed by atoms with Crippen molar-refractivity contribution in [2.75, 3.05) is 31.5 Å². The highest BCUT2D eigenvalue weighted by Crippen LogP contribution is 2.32. The van der Waals surface area contributed by atoms with Gasteiger partial charge in [-0.1, -0.05) is 42.1 Å². The lowest BCUT2D eigenvalue weighted by Crippen LogP contribution is -2.56. The van der Waals surface area contributed by atoms with Crippen molar-refractivity contribution in [3.63, 3.8) is 0 Å². The van der Waals surface area contributed by atoms with Gasteiger partial charge in [0.05, 0.1) is 16.1 Å². The molecule has 0 aromatic heterocycles. The fourth-order valence-electron chi connectivity index (χ4n) is 4.85. The average molecular weight is 492 g/mol. The molecule has 1 atom stereocenters. The van der Waals surface area contributed by atoms with E-state index in [9.17, 15) is 14.0 Å². The third-order valence-electron chi connectivity index (χ3n) is 6.72. The summed E-state index contributed by atoms with van der Waals surface area (Å²) in [6.45, 7) is 3.94. The molecular weight excluding hydrogens is 464 g/mol. The van der Waals surface area contributed by atoms with E-state index in [-0.39, 0.29) is 29.6 Å². The molecule has 1 N–H and O–H groups in total. The molecule has 0 radical (unpaired) electrons. The Hall–Kier alpha value is -2.15. The summed E-state index contributed by atoms with van der Waals surface area (Å²) in [7, 11) is 0. The fraction of sp³-hybridized carbons (Fsp3) is 0.440. The van der Waals surface area contributed by atoms with Crippen molar-refractivity contribution in [1.29, 1.82) is 0 Å². The molecule has 2 fully saturated rings. The number of anilines is 1. The van der Waals surface area contributed by atoms with Crippen molar-refractivity contribution < 1.29 is 14.0 Å². The molecule has 1 heterocycles. The number of benzene rings is 2. The smallest absolute Gasteiger partial charge is 0.253 e. The maximum atomic E-state index is 14.0. The Morgan fingerprint density at radius 3 is 2.33 bits per heavy atom. The zero-order chi connectivity index (χ0) is 23.5. The Labute approximate surface area is 203 Å². The van der Waals surface area contributed by atoms with Crippen LogP contribution >= 0.6 is 23.2 Å². The number of piperazine rings is 1. The maximum absolute atomic E-state index is 14.0. The van der Waals surface area contributed by atoms with Crippen LogP contribution in [0.2, 0.25) is 10.0 Å². The lowest BCUT2D eigenvalue weighted by Gasteiger charge is -2.40. The summed E-state index contributed by atoms with van der Waals surface area (Å²) in [5.74, 6) is -0.267. The normalized spacial score (nSPS) is 18.4. The summed E-state index contributed by atoms with van der Waals surface area (Å²) in [5.41, 5.74) is 1.52. The van der Waals surface area contributed by atoms with Crippen molar-refractivity contribution in [3.05, 3.63) is 63.4 Å². The predicted molar refractivity (Wildman–Crippen MR) is 129 cm³/mol. The number of rotatable bonds is 5. The van der Waals surface area contributed by atoms with Crippen LogP contribution in [0.3, 0.4) is 0 Å². The molecule has 1 saturated heterocycles. The molecule has 0 spiro atoms. The minimum atomic E-state index is -0.334. The van der Waals surface area contributed by atoms with Crippen molar-refractivity contribution in [2.45, 2.75) is 38.6 Å². The lowest BCUT2D eigenvalue weighted by molar-refractivity contribution is -0.123. The summed E-state index contributed by atoms with van der Waals surface area (Å²) < 4.78 is 14.0. The van der Waals surface area contributed by atoms with Gasteiger partial charge in [0.25, 0.3) is 5.91 Å². The summed E-state index contributed by atoms with van der Waals surface area (Å²) in [6, 6.07) is 9.37. The first-order valence-corrected chi connectivity index (χ1v) is 12.1. The molecule has 4 rings (SSSR count). The molecule has 1 saturated carbocycles. The van der Waals surface area contributed by atoms with Crippen LogP contribution in [0.1, 0.15) is 41.6 Å². The summed E-state index contributed by atoms with van der Waals surface area (Å²) in [4.78, 5) is 30.2. The number of hydrogen-bond donors (Lipinski definition) is 1. The summed E-state index contributed by atoms with van der Waals surface area (Å²) >= 11 is 12.0. The first kappa shape index (κ1) is 24.0. The molecule has 0 unspecified atom stereocenters. The molecule has 1 aliphatic carbocycles. The second-order valence-electron chi connectivity index (χ2n) is 8.90. The molecule has 33 heavy (non-hydrogen) atoms. The Morgan fingerprint density at radius 2 is 1.70 bits per heavy atom. The van der Waals surface area contributed by atoms with Crippen LogP contribution in [0, 0.1) is 18.7 Å². The Kier molecular flexibility index (Phi) is 7.57. The second-order valence-corrected chi connectivity index (χ2v) is 9.71. The number of amides is 2.